The Hall–Kier alpha value is -2.00. The molecule has 1 atom stereocenters. The van der Waals surface area contributed by atoms with Crippen LogP contribution < -0.4 is 14.8 Å². The van der Waals surface area contributed by atoms with Gasteiger partial charge in [0.2, 0.25) is 6.79 Å². The van der Waals surface area contributed by atoms with E-state index in [-0.39, 0.29) is 6.04 Å². The van der Waals surface area contributed by atoms with Crippen LogP contribution in [0.4, 0.5) is 0 Å². The van der Waals surface area contributed by atoms with E-state index >= 15 is 0 Å². The lowest BCUT2D eigenvalue weighted by molar-refractivity contribution is 0.174. The smallest absolute Gasteiger partial charge is 0.231 e. The molecule has 0 radical (unpaired) electrons. The van der Waals surface area contributed by atoms with Crippen LogP contribution in [0, 0.1) is 13.8 Å². The molecule has 0 saturated heterocycles. The zero-order chi connectivity index (χ0) is 14.4. The van der Waals surface area contributed by atoms with Crippen molar-refractivity contribution in [1.82, 2.24) is 5.32 Å². The molecule has 2 heterocycles. The van der Waals surface area contributed by atoms with Gasteiger partial charge in [-0.15, -0.1) is 0 Å². The third kappa shape index (κ3) is 2.09. The van der Waals surface area contributed by atoms with Crippen LogP contribution in [0.3, 0.4) is 0 Å². The van der Waals surface area contributed by atoms with Crippen LogP contribution in [0.25, 0.3) is 0 Å². The third-order valence-corrected chi connectivity index (χ3v) is 4.42. The van der Waals surface area contributed by atoms with Crippen molar-refractivity contribution in [2.75, 3.05) is 13.3 Å². The maximum Gasteiger partial charge on any atom is 0.231 e. The normalized spacial score (nSPS) is 19.4. The van der Waals surface area contributed by atoms with Crippen LogP contribution in [0.15, 0.2) is 30.3 Å². The van der Waals surface area contributed by atoms with Crippen LogP contribution >= 0.6 is 0 Å². The van der Waals surface area contributed by atoms with E-state index in [0.29, 0.717) is 6.79 Å². The first kappa shape index (κ1) is 12.7. The van der Waals surface area contributed by atoms with Gasteiger partial charge in [-0.2, -0.15) is 0 Å². The van der Waals surface area contributed by atoms with Crippen LogP contribution in [0.1, 0.15) is 33.9 Å². The van der Waals surface area contributed by atoms with E-state index in [4.69, 9.17) is 9.47 Å². The Bertz CT molecular complexity index is 709. The second-order valence-electron chi connectivity index (χ2n) is 5.90. The molecule has 0 aliphatic carbocycles. The summed E-state index contributed by atoms with van der Waals surface area (Å²) in [6.07, 6.45) is 1.04. The predicted molar refractivity (Wildman–Crippen MR) is 82.0 cm³/mol. The summed E-state index contributed by atoms with van der Waals surface area (Å²) in [6.45, 7) is 5.65. The molecule has 1 unspecified atom stereocenters. The van der Waals surface area contributed by atoms with Crippen molar-refractivity contribution in [2.24, 2.45) is 0 Å². The number of ether oxygens (including phenoxy) is 2. The van der Waals surface area contributed by atoms with E-state index in [1.54, 1.807) is 0 Å². The number of nitrogens with one attached hydrogen (secondary N) is 1. The Morgan fingerprint density at radius 2 is 1.81 bits per heavy atom. The van der Waals surface area contributed by atoms with Gasteiger partial charge in [0.25, 0.3) is 0 Å². The lowest BCUT2D eigenvalue weighted by atomic mass is 9.87. The van der Waals surface area contributed by atoms with Crippen molar-refractivity contribution in [1.29, 1.82) is 0 Å². The molecule has 2 aliphatic rings. The van der Waals surface area contributed by atoms with E-state index < -0.39 is 0 Å². The summed E-state index contributed by atoms with van der Waals surface area (Å²) in [5.41, 5.74) is 6.66. The molecule has 3 nitrogen and oxygen atoms in total. The zero-order valence-corrected chi connectivity index (χ0v) is 12.4. The lowest BCUT2D eigenvalue weighted by Crippen LogP contribution is -2.31. The summed E-state index contributed by atoms with van der Waals surface area (Å²) < 4.78 is 11.1. The van der Waals surface area contributed by atoms with Gasteiger partial charge in [0.15, 0.2) is 11.5 Å². The van der Waals surface area contributed by atoms with Crippen molar-refractivity contribution in [3.63, 3.8) is 0 Å². The maximum absolute atomic E-state index is 5.55. The van der Waals surface area contributed by atoms with Gasteiger partial charge in [-0.25, -0.2) is 0 Å². The van der Waals surface area contributed by atoms with Gasteiger partial charge in [-0.05, 0) is 54.7 Å². The zero-order valence-electron chi connectivity index (χ0n) is 12.4. The summed E-state index contributed by atoms with van der Waals surface area (Å²) in [5.74, 6) is 1.75. The first-order chi connectivity index (χ1) is 10.2. The fourth-order valence-electron chi connectivity index (χ4n) is 3.37. The molecule has 0 aromatic heterocycles. The highest BCUT2D eigenvalue weighted by Gasteiger charge is 2.26. The number of hydrogen-bond donors (Lipinski definition) is 1. The molecule has 0 fully saturated rings. The lowest BCUT2D eigenvalue weighted by Gasteiger charge is -2.29. The second-order valence-corrected chi connectivity index (χ2v) is 5.90. The first-order valence-electron chi connectivity index (χ1n) is 7.45. The maximum atomic E-state index is 5.55. The number of aryl methyl sites for hydroxylation is 2. The van der Waals surface area contributed by atoms with Gasteiger partial charge >= 0.3 is 0 Å². The van der Waals surface area contributed by atoms with Crippen molar-refractivity contribution in [2.45, 2.75) is 26.3 Å². The Balaban J connectivity index is 1.83. The molecule has 0 amide bonds. The Morgan fingerprint density at radius 1 is 1.00 bits per heavy atom. The minimum Gasteiger partial charge on any atom is -0.454 e. The molecule has 2 aliphatic heterocycles. The molecule has 21 heavy (non-hydrogen) atoms. The van der Waals surface area contributed by atoms with Gasteiger partial charge in [0.1, 0.15) is 0 Å². The standard InChI is InChI=1S/C18H19NO2/c1-11-3-4-14(12(2)7-11)18-15-9-17-16(20-10-21-17)8-13(15)5-6-19-18/h3-4,7-9,18-19H,5-6,10H2,1-2H3. The predicted octanol–water partition coefficient (Wildman–Crippen LogP) is 3.27. The Morgan fingerprint density at radius 3 is 2.62 bits per heavy atom. The van der Waals surface area contributed by atoms with Gasteiger partial charge in [-0.3, -0.25) is 0 Å². The molecule has 2 aromatic carbocycles. The van der Waals surface area contributed by atoms with Crippen molar-refractivity contribution in [3.05, 3.63) is 58.1 Å². The third-order valence-electron chi connectivity index (χ3n) is 4.42. The molecule has 0 spiro atoms. The molecule has 2 aromatic rings. The Labute approximate surface area is 124 Å². The minimum absolute atomic E-state index is 0.240. The average Bonchev–Trinajstić information content (AvgIpc) is 2.92. The highest BCUT2D eigenvalue weighted by atomic mass is 16.7. The molecule has 1 N–H and O–H groups in total. The second kappa shape index (κ2) is 4.78. The molecule has 0 saturated carbocycles. The van der Waals surface area contributed by atoms with Gasteiger partial charge in [0.05, 0.1) is 6.04 Å². The van der Waals surface area contributed by atoms with Crippen LogP contribution in [-0.2, 0) is 6.42 Å². The van der Waals surface area contributed by atoms with Crippen LogP contribution in [0.5, 0.6) is 11.5 Å². The van der Waals surface area contributed by atoms with E-state index in [1.165, 1.54) is 27.8 Å². The monoisotopic (exact) mass is 281 g/mol. The summed E-state index contributed by atoms with van der Waals surface area (Å²) in [4.78, 5) is 0. The van der Waals surface area contributed by atoms with Crippen molar-refractivity contribution >= 4 is 0 Å². The summed E-state index contributed by atoms with van der Waals surface area (Å²) in [5, 5.41) is 3.65. The quantitative estimate of drug-likeness (QED) is 0.870. The summed E-state index contributed by atoms with van der Waals surface area (Å²) in [6, 6.07) is 11.2. The van der Waals surface area contributed by atoms with Gasteiger partial charge in [-0.1, -0.05) is 23.8 Å². The van der Waals surface area contributed by atoms with Crippen molar-refractivity contribution in [3.8, 4) is 11.5 Å². The van der Waals surface area contributed by atoms with E-state index in [1.807, 2.05) is 0 Å². The van der Waals surface area contributed by atoms with Crippen molar-refractivity contribution < 1.29 is 9.47 Å². The molecule has 4 rings (SSSR count). The van der Waals surface area contributed by atoms with Gasteiger partial charge in [0, 0.05) is 6.54 Å². The number of hydrogen-bond acceptors (Lipinski definition) is 3. The molecule has 3 heteroatoms. The largest absolute Gasteiger partial charge is 0.454 e. The summed E-state index contributed by atoms with van der Waals surface area (Å²) in [7, 11) is 0. The first-order valence-corrected chi connectivity index (χ1v) is 7.45. The van der Waals surface area contributed by atoms with E-state index in [2.05, 4.69) is 49.5 Å². The van der Waals surface area contributed by atoms with E-state index in [9.17, 15) is 0 Å². The highest BCUT2D eigenvalue weighted by molar-refractivity contribution is 5.53. The number of rotatable bonds is 1. The molecule has 108 valence electrons. The fourth-order valence-corrected chi connectivity index (χ4v) is 3.37. The topological polar surface area (TPSA) is 30.5 Å². The van der Waals surface area contributed by atoms with Crippen LogP contribution in [0.2, 0.25) is 0 Å². The number of fused-ring (bicyclic) bond motifs is 2. The molecular formula is C18H19NO2. The molecule has 0 bridgehead atoms. The Kier molecular flexibility index (Phi) is 2.89. The molecular weight excluding hydrogens is 262 g/mol. The van der Waals surface area contributed by atoms with E-state index in [0.717, 1.165) is 24.5 Å². The number of benzene rings is 2. The minimum atomic E-state index is 0.240. The highest BCUT2D eigenvalue weighted by Crippen LogP contribution is 2.40. The summed E-state index contributed by atoms with van der Waals surface area (Å²) >= 11 is 0. The average molecular weight is 281 g/mol. The fraction of sp³-hybridized carbons (Fsp3) is 0.333. The van der Waals surface area contributed by atoms with Crippen LogP contribution in [-0.4, -0.2) is 13.3 Å². The SMILES string of the molecule is Cc1ccc(C2NCCc3cc4c(cc32)OCO4)c(C)c1. The van der Waals surface area contributed by atoms with Gasteiger partial charge < -0.3 is 14.8 Å².